The zero-order valence-electron chi connectivity index (χ0n) is 7.96. The Morgan fingerprint density at radius 2 is 2.15 bits per heavy atom. The summed E-state index contributed by atoms with van der Waals surface area (Å²) in [6.45, 7) is 5.02. The van der Waals surface area contributed by atoms with Crippen LogP contribution in [0.2, 0.25) is 0 Å². The molecule has 1 heterocycles. The maximum absolute atomic E-state index is 12.0. The molecule has 0 aromatic carbocycles. The van der Waals surface area contributed by atoms with Gasteiger partial charge < -0.3 is 4.90 Å². The molecule has 0 bridgehead atoms. The van der Waals surface area contributed by atoms with E-state index in [-0.39, 0.29) is 0 Å². The molecule has 0 spiro atoms. The van der Waals surface area contributed by atoms with Crippen molar-refractivity contribution in [2.75, 3.05) is 13.1 Å². The van der Waals surface area contributed by atoms with Crippen LogP contribution in [0.1, 0.15) is 20.3 Å². The van der Waals surface area contributed by atoms with E-state index in [0.29, 0.717) is 24.9 Å². The molecule has 1 rings (SSSR count). The van der Waals surface area contributed by atoms with Gasteiger partial charge in [-0.3, -0.25) is 4.79 Å². The van der Waals surface area contributed by atoms with Crippen LogP contribution in [-0.2, 0) is 4.79 Å². The van der Waals surface area contributed by atoms with E-state index in [1.54, 1.807) is 0 Å². The zero-order chi connectivity index (χ0) is 10.0. The third-order valence-corrected chi connectivity index (χ3v) is 2.79. The molecular weight excluding hydrogens is 176 g/mol. The Morgan fingerprint density at radius 1 is 1.54 bits per heavy atom. The van der Waals surface area contributed by atoms with Gasteiger partial charge in [0.25, 0.3) is 5.91 Å². The quantitative estimate of drug-likeness (QED) is 0.651. The Balaban J connectivity index is 2.53. The molecule has 4 heteroatoms. The van der Waals surface area contributed by atoms with E-state index in [2.05, 4.69) is 0 Å². The van der Waals surface area contributed by atoms with Crippen LogP contribution >= 0.6 is 0 Å². The molecule has 0 aliphatic carbocycles. The number of hydrogen-bond acceptors (Lipinski definition) is 1. The first-order chi connectivity index (χ1) is 6.06. The topological polar surface area (TPSA) is 20.3 Å². The first-order valence-corrected chi connectivity index (χ1v) is 4.63. The molecular formula is C9H15F2NO. The summed E-state index contributed by atoms with van der Waals surface area (Å²) in [6.07, 6.45) is -1.89. The van der Waals surface area contributed by atoms with Gasteiger partial charge in [-0.1, -0.05) is 20.3 Å². The van der Waals surface area contributed by atoms with Gasteiger partial charge >= 0.3 is 6.43 Å². The van der Waals surface area contributed by atoms with Crippen LogP contribution in [0.4, 0.5) is 8.78 Å². The first kappa shape index (κ1) is 10.4. The summed E-state index contributed by atoms with van der Waals surface area (Å²) >= 11 is 0. The van der Waals surface area contributed by atoms with E-state index >= 15 is 0 Å². The third-order valence-electron chi connectivity index (χ3n) is 2.79. The van der Waals surface area contributed by atoms with Crippen LogP contribution in [0.5, 0.6) is 0 Å². The second-order valence-electron chi connectivity index (χ2n) is 3.69. The van der Waals surface area contributed by atoms with Crippen LogP contribution in [0.3, 0.4) is 0 Å². The maximum Gasteiger partial charge on any atom is 0.315 e. The summed E-state index contributed by atoms with van der Waals surface area (Å²) in [5.41, 5.74) is 0. The highest BCUT2D eigenvalue weighted by Crippen LogP contribution is 2.26. The minimum Gasteiger partial charge on any atom is -0.337 e. The number of carbonyl (C=O) groups is 1. The molecule has 2 atom stereocenters. The molecule has 0 radical (unpaired) electrons. The first-order valence-electron chi connectivity index (χ1n) is 4.63. The minimum atomic E-state index is -2.84. The molecule has 1 amide bonds. The minimum absolute atomic E-state index is 0.354. The van der Waals surface area contributed by atoms with Crippen molar-refractivity contribution in [3.8, 4) is 0 Å². The number of nitrogens with zero attached hydrogens (tertiary/aromatic N) is 1. The number of likely N-dealkylation sites (tertiary alicyclic amines) is 1. The van der Waals surface area contributed by atoms with Gasteiger partial charge in [0.2, 0.25) is 0 Å². The molecule has 0 aromatic heterocycles. The van der Waals surface area contributed by atoms with Crippen LogP contribution in [0, 0.1) is 11.8 Å². The summed E-state index contributed by atoms with van der Waals surface area (Å²) in [4.78, 5) is 12.2. The van der Waals surface area contributed by atoms with Crippen LogP contribution in [0.25, 0.3) is 0 Å². The lowest BCUT2D eigenvalue weighted by molar-refractivity contribution is -0.141. The lowest BCUT2D eigenvalue weighted by Gasteiger charge is -2.14. The average molecular weight is 191 g/mol. The predicted octanol–water partition coefficient (Wildman–Crippen LogP) is 1.76. The number of alkyl halides is 2. The molecule has 2 nitrogen and oxygen atoms in total. The summed E-state index contributed by atoms with van der Waals surface area (Å²) in [5.74, 6) is -0.266. The SMILES string of the molecule is CC[C@H]1CN(C(=O)C(F)F)C[C@H]1C. The van der Waals surface area contributed by atoms with E-state index in [4.69, 9.17) is 0 Å². The van der Waals surface area contributed by atoms with E-state index in [1.165, 1.54) is 4.90 Å². The Morgan fingerprint density at radius 3 is 2.54 bits per heavy atom. The molecule has 1 aliphatic rings. The van der Waals surface area contributed by atoms with Gasteiger partial charge in [0.1, 0.15) is 0 Å². The fourth-order valence-corrected chi connectivity index (χ4v) is 1.88. The van der Waals surface area contributed by atoms with Crippen molar-refractivity contribution in [1.82, 2.24) is 4.90 Å². The Hall–Kier alpha value is -0.670. The van der Waals surface area contributed by atoms with Crippen LogP contribution in [-0.4, -0.2) is 30.3 Å². The highest BCUT2D eigenvalue weighted by molar-refractivity contribution is 5.79. The summed E-state index contributed by atoms with van der Waals surface area (Å²) in [7, 11) is 0. The molecule has 0 N–H and O–H groups in total. The number of rotatable bonds is 2. The van der Waals surface area contributed by atoms with E-state index < -0.39 is 12.3 Å². The van der Waals surface area contributed by atoms with E-state index in [0.717, 1.165) is 6.42 Å². The van der Waals surface area contributed by atoms with Crippen molar-refractivity contribution in [3.63, 3.8) is 0 Å². The molecule has 1 fully saturated rings. The Labute approximate surface area is 76.9 Å². The largest absolute Gasteiger partial charge is 0.337 e. The smallest absolute Gasteiger partial charge is 0.315 e. The van der Waals surface area contributed by atoms with Gasteiger partial charge in [-0.05, 0) is 11.8 Å². The van der Waals surface area contributed by atoms with Gasteiger partial charge in [-0.25, -0.2) is 0 Å². The van der Waals surface area contributed by atoms with Gasteiger partial charge in [0.15, 0.2) is 0 Å². The fraction of sp³-hybridized carbons (Fsp3) is 0.889. The zero-order valence-corrected chi connectivity index (χ0v) is 7.96. The van der Waals surface area contributed by atoms with Crippen molar-refractivity contribution in [3.05, 3.63) is 0 Å². The third kappa shape index (κ3) is 2.17. The van der Waals surface area contributed by atoms with Gasteiger partial charge in [0.05, 0.1) is 0 Å². The molecule has 0 saturated carbocycles. The molecule has 1 aliphatic heterocycles. The average Bonchev–Trinajstić information content (AvgIpc) is 2.45. The molecule has 13 heavy (non-hydrogen) atoms. The van der Waals surface area contributed by atoms with Gasteiger partial charge in [-0.15, -0.1) is 0 Å². The maximum atomic E-state index is 12.0. The Kier molecular flexibility index (Phi) is 3.22. The Bertz CT molecular complexity index is 196. The highest BCUT2D eigenvalue weighted by Gasteiger charge is 2.34. The standard InChI is InChI=1S/C9H15F2NO/c1-3-7-5-12(4-6(7)2)9(13)8(10)11/h6-8H,3-5H2,1-2H3/t6-,7+/m1/s1. The van der Waals surface area contributed by atoms with Crippen molar-refractivity contribution in [2.45, 2.75) is 26.7 Å². The number of carbonyl (C=O) groups excluding carboxylic acids is 1. The molecule has 0 aromatic rings. The molecule has 76 valence electrons. The lowest BCUT2D eigenvalue weighted by Crippen LogP contribution is -2.33. The van der Waals surface area contributed by atoms with Crippen LogP contribution < -0.4 is 0 Å². The van der Waals surface area contributed by atoms with E-state index in [9.17, 15) is 13.6 Å². The number of amides is 1. The van der Waals surface area contributed by atoms with Crippen molar-refractivity contribution in [1.29, 1.82) is 0 Å². The summed E-state index contributed by atoms with van der Waals surface area (Å²) in [5, 5.41) is 0. The monoisotopic (exact) mass is 191 g/mol. The summed E-state index contributed by atoms with van der Waals surface area (Å²) < 4.78 is 24.1. The van der Waals surface area contributed by atoms with Crippen molar-refractivity contribution >= 4 is 5.91 Å². The molecule has 0 unspecified atom stereocenters. The van der Waals surface area contributed by atoms with Gasteiger partial charge in [0, 0.05) is 13.1 Å². The van der Waals surface area contributed by atoms with Gasteiger partial charge in [-0.2, -0.15) is 8.78 Å². The second-order valence-corrected chi connectivity index (χ2v) is 3.69. The number of halogens is 2. The lowest BCUT2D eigenvalue weighted by atomic mass is 9.96. The number of hydrogen-bond donors (Lipinski definition) is 0. The summed E-state index contributed by atoms with van der Waals surface area (Å²) in [6, 6.07) is 0. The van der Waals surface area contributed by atoms with Crippen molar-refractivity contribution in [2.24, 2.45) is 11.8 Å². The second kappa shape index (κ2) is 4.03. The van der Waals surface area contributed by atoms with Crippen molar-refractivity contribution < 1.29 is 13.6 Å². The normalized spacial score (nSPS) is 28.5. The molecule has 1 saturated heterocycles. The fourth-order valence-electron chi connectivity index (χ4n) is 1.88. The van der Waals surface area contributed by atoms with Crippen LogP contribution in [0.15, 0.2) is 0 Å². The highest BCUT2D eigenvalue weighted by atomic mass is 19.3. The van der Waals surface area contributed by atoms with E-state index in [1.807, 2.05) is 13.8 Å². The predicted molar refractivity (Wildman–Crippen MR) is 45.5 cm³/mol.